The summed E-state index contributed by atoms with van der Waals surface area (Å²) in [5.74, 6) is 0.656. The predicted molar refractivity (Wildman–Crippen MR) is 57.8 cm³/mol. The molecule has 0 amide bonds. The number of rotatable bonds is 6. The van der Waals surface area contributed by atoms with Gasteiger partial charge in [0.2, 0.25) is 0 Å². The SMILES string of the molecule is CCC(C)(C)OCC(N)CC(C)C. The van der Waals surface area contributed by atoms with Crippen LogP contribution in [0.3, 0.4) is 0 Å². The molecule has 2 N–H and O–H groups in total. The van der Waals surface area contributed by atoms with Crippen LogP contribution in [-0.2, 0) is 4.74 Å². The molecule has 0 aromatic heterocycles. The lowest BCUT2D eigenvalue weighted by molar-refractivity contribution is -0.0281. The summed E-state index contributed by atoms with van der Waals surface area (Å²) in [4.78, 5) is 0. The molecule has 0 bridgehead atoms. The van der Waals surface area contributed by atoms with E-state index in [1.807, 2.05) is 0 Å². The molecule has 13 heavy (non-hydrogen) atoms. The first-order valence-corrected chi connectivity index (χ1v) is 5.27. The second-order valence-electron chi connectivity index (χ2n) is 4.81. The van der Waals surface area contributed by atoms with Crippen molar-refractivity contribution >= 4 is 0 Å². The standard InChI is InChI=1S/C11H25NO/c1-6-11(4,5)13-8-10(12)7-9(2)3/h9-10H,6-8,12H2,1-5H3. The zero-order chi connectivity index (χ0) is 10.5. The van der Waals surface area contributed by atoms with Gasteiger partial charge in [-0.1, -0.05) is 20.8 Å². The largest absolute Gasteiger partial charge is 0.374 e. The van der Waals surface area contributed by atoms with Crippen LogP contribution in [0, 0.1) is 5.92 Å². The Morgan fingerprint density at radius 2 is 1.85 bits per heavy atom. The molecule has 0 rings (SSSR count). The minimum atomic E-state index is -0.0192. The van der Waals surface area contributed by atoms with E-state index in [0.29, 0.717) is 12.5 Å². The zero-order valence-electron chi connectivity index (χ0n) is 9.76. The molecule has 0 spiro atoms. The van der Waals surface area contributed by atoms with Crippen molar-refractivity contribution in [3.05, 3.63) is 0 Å². The fourth-order valence-corrected chi connectivity index (χ4v) is 1.11. The van der Waals surface area contributed by atoms with E-state index < -0.39 is 0 Å². The van der Waals surface area contributed by atoms with E-state index in [1.165, 1.54) is 0 Å². The summed E-state index contributed by atoms with van der Waals surface area (Å²) in [6.07, 6.45) is 2.07. The average molecular weight is 187 g/mol. The Morgan fingerprint density at radius 3 is 2.23 bits per heavy atom. The lowest BCUT2D eigenvalue weighted by Gasteiger charge is -2.26. The van der Waals surface area contributed by atoms with Crippen molar-refractivity contribution < 1.29 is 4.74 Å². The fraction of sp³-hybridized carbons (Fsp3) is 1.00. The molecule has 80 valence electrons. The molecule has 0 aromatic carbocycles. The molecule has 0 heterocycles. The molecule has 1 atom stereocenters. The first-order valence-electron chi connectivity index (χ1n) is 5.27. The van der Waals surface area contributed by atoms with Gasteiger partial charge in [-0.3, -0.25) is 0 Å². The van der Waals surface area contributed by atoms with Crippen LogP contribution in [0.5, 0.6) is 0 Å². The summed E-state index contributed by atoms with van der Waals surface area (Å²) in [5.41, 5.74) is 5.89. The van der Waals surface area contributed by atoms with E-state index in [2.05, 4.69) is 34.6 Å². The van der Waals surface area contributed by atoms with Gasteiger partial charge in [-0.15, -0.1) is 0 Å². The highest BCUT2D eigenvalue weighted by Gasteiger charge is 2.17. The Morgan fingerprint density at radius 1 is 1.31 bits per heavy atom. The smallest absolute Gasteiger partial charge is 0.0624 e. The summed E-state index contributed by atoms with van der Waals surface area (Å²) in [6, 6.07) is 0.186. The third-order valence-corrected chi connectivity index (χ3v) is 2.31. The van der Waals surface area contributed by atoms with Crippen LogP contribution in [-0.4, -0.2) is 18.2 Å². The van der Waals surface area contributed by atoms with E-state index in [9.17, 15) is 0 Å². The maximum absolute atomic E-state index is 5.91. The Bertz CT molecular complexity index is 132. The topological polar surface area (TPSA) is 35.2 Å². The first-order chi connectivity index (χ1) is 5.87. The molecule has 2 heteroatoms. The summed E-state index contributed by atoms with van der Waals surface area (Å²) in [7, 11) is 0. The van der Waals surface area contributed by atoms with Crippen molar-refractivity contribution in [2.24, 2.45) is 11.7 Å². The van der Waals surface area contributed by atoms with Gasteiger partial charge in [-0.25, -0.2) is 0 Å². The normalized spacial score (nSPS) is 15.0. The van der Waals surface area contributed by atoms with Crippen LogP contribution >= 0.6 is 0 Å². The van der Waals surface area contributed by atoms with Crippen molar-refractivity contribution in [1.29, 1.82) is 0 Å². The van der Waals surface area contributed by atoms with E-state index in [1.54, 1.807) is 0 Å². The van der Waals surface area contributed by atoms with Gasteiger partial charge in [0.25, 0.3) is 0 Å². The van der Waals surface area contributed by atoms with Crippen molar-refractivity contribution in [3.8, 4) is 0 Å². The van der Waals surface area contributed by atoms with Gasteiger partial charge < -0.3 is 10.5 Å². The quantitative estimate of drug-likeness (QED) is 0.693. The van der Waals surface area contributed by atoms with Gasteiger partial charge in [0.05, 0.1) is 12.2 Å². The third kappa shape index (κ3) is 7.03. The Kier molecular flexibility index (Phi) is 5.57. The highest BCUT2D eigenvalue weighted by Crippen LogP contribution is 2.14. The monoisotopic (exact) mass is 187 g/mol. The minimum absolute atomic E-state index is 0.0192. The van der Waals surface area contributed by atoms with Crippen LogP contribution in [0.4, 0.5) is 0 Å². The van der Waals surface area contributed by atoms with E-state index in [0.717, 1.165) is 12.8 Å². The molecule has 0 aliphatic carbocycles. The number of hydrogen-bond donors (Lipinski definition) is 1. The summed E-state index contributed by atoms with van der Waals surface area (Å²) in [6.45, 7) is 11.4. The molecule has 0 aromatic rings. The second kappa shape index (κ2) is 5.61. The van der Waals surface area contributed by atoms with Crippen molar-refractivity contribution in [3.63, 3.8) is 0 Å². The van der Waals surface area contributed by atoms with Crippen LogP contribution in [0.25, 0.3) is 0 Å². The second-order valence-corrected chi connectivity index (χ2v) is 4.81. The molecule has 0 saturated carbocycles. The lowest BCUT2D eigenvalue weighted by Crippen LogP contribution is -2.34. The molecule has 2 nitrogen and oxygen atoms in total. The Hall–Kier alpha value is -0.0800. The van der Waals surface area contributed by atoms with Crippen LogP contribution < -0.4 is 5.73 Å². The van der Waals surface area contributed by atoms with Crippen LogP contribution in [0.2, 0.25) is 0 Å². The van der Waals surface area contributed by atoms with Crippen molar-refractivity contribution in [2.75, 3.05) is 6.61 Å². The van der Waals surface area contributed by atoms with Crippen LogP contribution in [0.15, 0.2) is 0 Å². The number of hydrogen-bond acceptors (Lipinski definition) is 2. The zero-order valence-corrected chi connectivity index (χ0v) is 9.76. The highest BCUT2D eigenvalue weighted by atomic mass is 16.5. The molecule has 1 unspecified atom stereocenters. The molecule has 0 saturated heterocycles. The maximum Gasteiger partial charge on any atom is 0.0624 e. The number of nitrogens with two attached hydrogens (primary N) is 1. The minimum Gasteiger partial charge on any atom is -0.374 e. The van der Waals surface area contributed by atoms with E-state index in [-0.39, 0.29) is 11.6 Å². The van der Waals surface area contributed by atoms with Crippen LogP contribution in [0.1, 0.15) is 47.5 Å². The molecule has 0 aliphatic heterocycles. The Labute approximate surface area is 82.8 Å². The molecule has 0 radical (unpaired) electrons. The average Bonchev–Trinajstić information content (AvgIpc) is 2.00. The summed E-state index contributed by atoms with van der Waals surface area (Å²) < 4.78 is 5.72. The number of ether oxygens (including phenoxy) is 1. The van der Waals surface area contributed by atoms with Gasteiger partial charge in [0.1, 0.15) is 0 Å². The highest BCUT2D eigenvalue weighted by molar-refractivity contribution is 4.69. The third-order valence-electron chi connectivity index (χ3n) is 2.31. The predicted octanol–water partition coefficient (Wildman–Crippen LogP) is 2.57. The van der Waals surface area contributed by atoms with Gasteiger partial charge in [0.15, 0.2) is 0 Å². The van der Waals surface area contributed by atoms with Gasteiger partial charge in [-0.2, -0.15) is 0 Å². The Balaban J connectivity index is 3.63. The molecular formula is C11H25NO. The van der Waals surface area contributed by atoms with E-state index >= 15 is 0 Å². The van der Waals surface area contributed by atoms with Crippen molar-refractivity contribution in [2.45, 2.75) is 59.1 Å². The van der Waals surface area contributed by atoms with Gasteiger partial charge >= 0.3 is 0 Å². The summed E-state index contributed by atoms with van der Waals surface area (Å²) in [5, 5.41) is 0. The van der Waals surface area contributed by atoms with Gasteiger partial charge in [0, 0.05) is 6.04 Å². The molecule has 0 fully saturated rings. The maximum atomic E-state index is 5.91. The van der Waals surface area contributed by atoms with E-state index in [4.69, 9.17) is 10.5 Å². The first kappa shape index (κ1) is 12.9. The van der Waals surface area contributed by atoms with Gasteiger partial charge in [-0.05, 0) is 32.6 Å². The van der Waals surface area contributed by atoms with Crippen molar-refractivity contribution in [1.82, 2.24) is 0 Å². The fourth-order valence-electron chi connectivity index (χ4n) is 1.11. The molecule has 0 aliphatic rings. The summed E-state index contributed by atoms with van der Waals surface area (Å²) >= 11 is 0. The molecular weight excluding hydrogens is 162 g/mol. The lowest BCUT2D eigenvalue weighted by atomic mass is 10.0.